The smallest absolute Gasteiger partial charge is 0.194 e. The average molecular weight is 398 g/mol. The Balaban J connectivity index is 2.06. The molecule has 0 radical (unpaired) electrons. The van der Waals surface area contributed by atoms with Gasteiger partial charge in [0, 0.05) is 42.4 Å². The fraction of sp³-hybridized carbons (Fsp3) is 0.500. The number of halogens is 1. The minimum absolute atomic E-state index is 0.611. The van der Waals surface area contributed by atoms with Crippen molar-refractivity contribution in [2.45, 2.75) is 33.4 Å². The third kappa shape index (κ3) is 5.07. The lowest BCUT2D eigenvalue weighted by atomic mass is 10.4. The molecule has 23 heavy (non-hydrogen) atoms. The fourth-order valence-electron chi connectivity index (χ4n) is 2.25. The number of rotatable bonds is 6. The largest absolute Gasteiger partial charge is 0.357 e. The van der Waals surface area contributed by atoms with Gasteiger partial charge in [0.15, 0.2) is 5.96 Å². The first-order valence-corrected chi connectivity index (χ1v) is 9.44. The van der Waals surface area contributed by atoms with E-state index in [1.54, 1.807) is 11.3 Å². The molecular formula is C16H24BrN5S. The van der Waals surface area contributed by atoms with Gasteiger partial charge < -0.3 is 14.8 Å². The molecule has 0 aliphatic carbocycles. The van der Waals surface area contributed by atoms with Crippen LogP contribution in [0.25, 0.3) is 0 Å². The van der Waals surface area contributed by atoms with Gasteiger partial charge in [-0.05, 0) is 35.3 Å². The van der Waals surface area contributed by atoms with Gasteiger partial charge in [0.2, 0.25) is 0 Å². The number of thiazole rings is 1. The maximum absolute atomic E-state index is 4.72. The van der Waals surface area contributed by atoms with Gasteiger partial charge in [0.1, 0.15) is 0 Å². The summed E-state index contributed by atoms with van der Waals surface area (Å²) in [4.78, 5) is 11.4. The standard InChI is InChI=1S/C16H24BrN5S/c1-5-15-20-13(11-23-15)8-19-16(18-6-2)22(4)10-14-7-12(17)9-21(14)3/h7,9,11H,5-6,8,10H2,1-4H3,(H,18,19). The monoisotopic (exact) mass is 397 g/mol. The third-order valence-corrected chi connectivity index (χ3v) is 4.94. The lowest BCUT2D eigenvalue weighted by Gasteiger charge is -2.22. The topological polar surface area (TPSA) is 45.5 Å². The first-order valence-electron chi connectivity index (χ1n) is 7.77. The summed E-state index contributed by atoms with van der Waals surface area (Å²) >= 11 is 5.23. The Labute approximate surface area is 150 Å². The molecule has 7 heteroatoms. The van der Waals surface area contributed by atoms with Crippen LogP contribution in [0.5, 0.6) is 0 Å². The van der Waals surface area contributed by atoms with Crippen LogP contribution in [0.15, 0.2) is 27.1 Å². The molecule has 0 spiro atoms. The van der Waals surface area contributed by atoms with Crippen molar-refractivity contribution >= 4 is 33.2 Å². The van der Waals surface area contributed by atoms with Gasteiger partial charge in [-0.25, -0.2) is 9.98 Å². The minimum Gasteiger partial charge on any atom is -0.357 e. The van der Waals surface area contributed by atoms with Gasteiger partial charge in [-0.1, -0.05) is 6.92 Å². The SMILES string of the molecule is CCNC(=NCc1csc(CC)n1)N(C)Cc1cc(Br)cn1C. The van der Waals surface area contributed by atoms with Gasteiger partial charge in [-0.2, -0.15) is 0 Å². The van der Waals surface area contributed by atoms with Gasteiger partial charge in [-0.15, -0.1) is 11.3 Å². The summed E-state index contributed by atoms with van der Waals surface area (Å²) in [5.41, 5.74) is 2.27. The van der Waals surface area contributed by atoms with Crippen molar-refractivity contribution in [2.24, 2.45) is 12.0 Å². The number of hydrogen-bond donors (Lipinski definition) is 1. The van der Waals surface area contributed by atoms with Crippen LogP contribution < -0.4 is 5.32 Å². The number of aliphatic imine (C=N–C) groups is 1. The summed E-state index contributed by atoms with van der Waals surface area (Å²) in [7, 11) is 4.11. The molecule has 0 aliphatic rings. The maximum Gasteiger partial charge on any atom is 0.194 e. The van der Waals surface area contributed by atoms with Gasteiger partial charge in [0.05, 0.1) is 23.8 Å². The lowest BCUT2D eigenvalue weighted by molar-refractivity contribution is 0.461. The van der Waals surface area contributed by atoms with E-state index < -0.39 is 0 Å². The van der Waals surface area contributed by atoms with Crippen molar-refractivity contribution in [1.82, 2.24) is 19.8 Å². The summed E-state index contributed by atoms with van der Waals surface area (Å²) < 4.78 is 3.22. The van der Waals surface area contributed by atoms with Crippen LogP contribution in [0, 0.1) is 0 Å². The number of nitrogens with zero attached hydrogens (tertiary/aromatic N) is 4. The van der Waals surface area contributed by atoms with Crippen LogP contribution in [-0.2, 0) is 26.6 Å². The fourth-order valence-corrected chi connectivity index (χ4v) is 3.56. The van der Waals surface area contributed by atoms with Crippen LogP contribution in [-0.4, -0.2) is 34.0 Å². The molecule has 0 bridgehead atoms. The molecule has 5 nitrogen and oxygen atoms in total. The van der Waals surface area contributed by atoms with E-state index in [9.17, 15) is 0 Å². The van der Waals surface area contributed by atoms with Crippen LogP contribution in [0.3, 0.4) is 0 Å². The zero-order valence-electron chi connectivity index (χ0n) is 14.1. The zero-order chi connectivity index (χ0) is 16.8. The molecule has 0 aromatic carbocycles. The quantitative estimate of drug-likeness (QED) is 0.599. The van der Waals surface area contributed by atoms with E-state index in [4.69, 9.17) is 4.99 Å². The van der Waals surface area contributed by atoms with E-state index in [1.807, 2.05) is 0 Å². The second-order valence-corrected chi connectivity index (χ2v) is 7.23. The maximum atomic E-state index is 4.72. The number of aromatic nitrogens is 2. The Bertz CT molecular complexity index is 661. The second-order valence-electron chi connectivity index (χ2n) is 5.37. The molecule has 2 aromatic heterocycles. The van der Waals surface area contributed by atoms with E-state index in [-0.39, 0.29) is 0 Å². The van der Waals surface area contributed by atoms with Gasteiger partial charge in [-0.3, -0.25) is 0 Å². The summed E-state index contributed by atoms with van der Waals surface area (Å²) in [6, 6.07) is 2.13. The first-order chi connectivity index (χ1) is 11.0. The molecule has 2 rings (SSSR count). The summed E-state index contributed by atoms with van der Waals surface area (Å²) in [5.74, 6) is 0.899. The van der Waals surface area contributed by atoms with Crippen LogP contribution in [0.4, 0.5) is 0 Å². The highest BCUT2D eigenvalue weighted by Gasteiger charge is 2.10. The van der Waals surface area contributed by atoms with Gasteiger partial charge >= 0.3 is 0 Å². The Morgan fingerprint density at radius 1 is 1.48 bits per heavy atom. The Morgan fingerprint density at radius 2 is 2.26 bits per heavy atom. The lowest BCUT2D eigenvalue weighted by Crippen LogP contribution is -2.38. The Kier molecular flexibility index (Phi) is 6.65. The highest BCUT2D eigenvalue weighted by Crippen LogP contribution is 2.15. The molecule has 0 saturated heterocycles. The molecular weight excluding hydrogens is 374 g/mol. The van der Waals surface area contributed by atoms with Crippen molar-refractivity contribution in [3.05, 3.63) is 38.5 Å². The molecule has 126 valence electrons. The summed E-state index contributed by atoms with van der Waals surface area (Å²) in [6.07, 6.45) is 3.05. The summed E-state index contributed by atoms with van der Waals surface area (Å²) in [6.45, 7) is 6.46. The number of nitrogens with one attached hydrogen (secondary N) is 1. The molecule has 0 amide bonds. The Morgan fingerprint density at radius 3 is 2.83 bits per heavy atom. The third-order valence-electron chi connectivity index (χ3n) is 3.46. The molecule has 0 unspecified atom stereocenters. The van der Waals surface area contributed by atoms with E-state index >= 15 is 0 Å². The van der Waals surface area contributed by atoms with E-state index in [0.717, 1.165) is 35.6 Å². The van der Waals surface area contributed by atoms with Crippen LogP contribution in [0.2, 0.25) is 0 Å². The molecule has 0 fully saturated rings. The molecule has 2 heterocycles. The van der Waals surface area contributed by atoms with Crippen molar-refractivity contribution in [1.29, 1.82) is 0 Å². The van der Waals surface area contributed by atoms with E-state index in [2.05, 4.69) is 81.3 Å². The number of aryl methyl sites for hydroxylation is 2. The highest BCUT2D eigenvalue weighted by molar-refractivity contribution is 9.10. The number of guanidine groups is 1. The first kappa shape index (κ1) is 18.0. The van der Waals surface area contributed by atoms with Crippen LogP contribution in [0.1, 0.15) is 30.2 Å². The molecule has 0 saturated carbocycles. The van der Waals surface area contributed by atoms with Crippen molar-refractivity contribution in [3.8, 4) is 0 Å². The summed E-state index contributed by atoms with van der Waals surface area (Å²) in [5, 5.41) is 6.62. The molecule has 0 atom stereocenters. The van der Waals surface area contributed by atoms with E-state index in [0.29, 0.717) is 6.54 Å². The molecule has 0 aliphatic heterocycles. The minimum atomic E-state index is 0.611. The van der Waals surface area contributed by atoms with Crippen molar-refractivity contribution < 1.29 is 0 Å². The highest BCUT2D eigenvalue weighted by atomic mass is 79.9. The van der Waals surface area contributed by atoms with Crippen molar-refractivity contribution in [2.75, 3.05) is 13.6 Å². The van der Waals surface area contributed by atoms with Gasteiger partial charge in [0.25, 0.3) is 0 Å². The Hall–Kier alpha value is -1.34. The predicted octanol–water partition coefficient (Wildman–Crippen LogP) is 3.40. The average Bonchev–Trinajstić information content (AvgIpc) is 3.10. The molecule has 2 aromatic rings. The normalized spacial score (nSPS) is 11.8. The predicted molar refractivity (Wildman–Crippen MR) is 101 cm³/mol. The van der Waals surface area contributed by atoms with E-state index in [1.165, 1.54) is 10.7 Å². The van der Waals surface area contributed by atoms with Crippen molar-refractivity contribution in [3.63, 3.8) is 0 Å². The molecule has 1 N–H and O–H groups in total. The second kappa shape index (κ2) is 8.49. The zero-order valence-corrected chi connectivity index (χ0v) is 16.5. The number of hydrogen-bond acceptors (Lipinski definition) is 3. The van der Waals surface area contributed by atoms with Crippen LogP contribution >= 0.6 is 27.3 Å².